The summed E-state index contributed by atoms with van der Waals surface area (Å²) in [5, 5.41) is 0. The molecule has 0 heterocycles. The molecule has 2 aromatic carbocycles. The largest absolute Gasteiger partial charge is 0.416 e. The number of benzene rings is 2. The molecule has 0 saturated carbocycles. The van der Waals surface area contributed by atoms with E-state index in [1.807, 2.05) is 0 Å². The highest BCUT2D eigenvalue weighted by Crippen LogP contribution is 2.36. The van der Waals surface area contributed by atoms with E-state index in [9.17, 15) is 31.1 Å². The van der Waals surface area contributed by atoms with Crippen LogP contribution in [0.4, 0.5) is 26.3 Å². The fraction of sp³-hybridized carbons (Fsp3) is 0.174. The maximum atomic E-state index is 13.1. The number of alkyl halides is 6. The summed E-state index contributed by atoms with van der Waals surface area (Å²) >= 11 is 0. The van der Waals surface area contributed by atoms with E-state index in [0.29, 0.717) is 23.3 Å². The van der Waals surface area contributed by atoms with Crippen molar-refractivity contribution in [3.05, 3.63) is 88.5 Å². The lowest BCUT2D eigenvalue weighted by molar-refractivity contribution is -0.143. The molecular formula is C23H19F6N3O. The van der Waals surface area contributed by atoms with E-state index in [2.05, 4.69) is 9.98 Å². The molecule has 0 spiro atoms. The highest BCUT2D eigenvalue weighted by Gasteiger charge is 2.37. The van der Waals surface area contributed by atoms with E-state index in [0.717, 1.165) is 0 Å². The quantitative estimate of drug-likeness (QED) is 0.198. The van der Waals surface area contributed by atoms with Crippen LogP contribution in [-0.2, 0) is 17.1 Å². The Hall–Kier alpha value is -3.69. The second-order valence-electron chi connectivity index (χ2n) is 6.82. The third-order valence-corrected chi connectivity index (χ3v) is 4.31. The zero-order valence-corrected chi connectivity index (χ0v) is 17.5. The van der Waals surface area contributed by atoms with Crippen LogP contribution in [0.3, 0.4) is 0 Å². The zero-order chi connectivity index (χ0) is 24.8. The SMILES string of the molecule is C\N=C(/N=C\C(C)=C/C=C(C(N)=O)c1ccccc1)c1cc(C(F)(F)F)cc(C(F)(F)F)c1. The summed E-state index contributed by atoms with van der Waals surface area (Å²) in [6, 6.07) is 9.70. The molecule has 0 aliphatic heterocycles. The predicted octanol–water partition coefficient (Wildman–Crippen LogP) is 5.69. The number of carbonyl (C=O) groups excluding carboxylic acids is 1. The fourth-order valence-corrected chi connectivity index (χ4v) is 2.70. The van der Waals surface area contributed by atoms with Gasteiger partial charge in [-0.2, -0.15) is 26.3 Å². The minimum atomic E-state index is -4.98. The standard InChI is InChI=1S/C23H19F6N3O/c1-14(8-9-19(20(30)33)15-6-4-3-5-7-15)13-32-21(31-2)16-10-17(22(24,25)26)12-18(11-16)23(27,28)29/h3-13H,1-2H3,(H2,30,33)/b14-8-,19-9?,31-21-,32-13-. The van der Waals surface area contributed by atoms with Crippen molar-refractivity contribution in [2.45, 2.75) is 19.3 Å². The smallest absolute Gasteiger partial charge is 0.366 e. The molecule has 0 aliphatic carbocycles. The average Bonchev–Trinajstić information content (AvgIpc) is 2.73. The molecule has 0 bridgehead atoms. The number of halogens is 6. The summed E-state index contributed by atoms with van der Waals surface area (Å²) in [6.45, 7) is 1.57. The Morgan fingerprint density at radius 3 is 1.88 bits per heavy atom. The second-order valence-corrected chi connectivity index (χ2v) is 6.82. The van der Waals surface area contributed by atoms with Gasteiger partial charge in [-0.25, -0.2) is 4.99 Å². The van der Waals surface area contributed by atoms with Crippen molar-refractivity contribution < 1.29 is 31.1 Å². The number of amidine groups is 1. The minimum absolute atomic E-state index is 0.0331. The van der Waals surface area contributed by atoms with Gasteiger partial charge < -0.3 is 5.73 Å². The number of nitrogens with two attached hydrogens (primary N) is 1. The summed E-state index contributed by atoms with van der Waals surface area (Å²) in [4.78, 5) is 19.4. The molecular weight excluding hydrogens is 448 g/mol. The van der Waals surface area contributed by atoms with Crippen LogP contribution >= 0.6 is 0 Å². The number of hydrogen-bond acceptors (Lipinski definition) is 2. The molecule has 0 unspecified atom stereocenters. The Morgan fingerprint density at radius 1 is 0.879 bits per heavy atom. The highest BCUT2D eigenvalue weighted by molar-refractivity contribution is 6.19. The number of nitrogens with zero attached hydrogens (tertiary/aromatic N) is 2. The van der Waals surface area contributed by atoms with E-state index < -0.39 is 35.0 Å². The topological polar surface area (TPSA) is 67.8 Å². The van der Waals surface area contributed by atoms with Crippen LogP contribution in [0.2, 0.25) is 0 Å². The van der Waals surface area contributed by atoms with E-state index in [1.54, 1.807) is 37.3 Å². The first kappa shape index (κ1) is 25.6. The lowest BCUT2D eigenvalue weighted by Gasteiger charge is -2.14. The summed E-state index contributed by atoms with van der Waals surface area (Å²) in [5.74, 6) is -1.01. The van der Waals surface area contributed by atoms with Crippen molar-refractivity contribution in [3.63, 3.8) is 0 Å². The molecule has 33 heavy (non-hydrogen) atoms. The second kappa shape index (κ2) is 10.3. The van der Waals surface area contributed by atoms with Gasteiger partial charge in [-0.15, -0.1) is 0 Å². The van der Waals surface area contributed by atoms with Gasteiger partial charge in [0.2, 0.25) is 5.91 Å². The predicted molar refractivity (Wildman–Crippen MR) is 115 cm³/mol. The molecule has 0 aliphatic rings. The first-order chi connectivity index (χ1) is 15.3. The minimum Gasteiger partial charge on any atom is -0.366 e. The first-order valence-corrected chi connectivity index (χ1v) is 9.37. The summed E-state index contributed by atoms with van der Waals surface area (Å²) in [6.07, 6.45) is -5.84. The van der Waals surface area contributed by atoms with Crippen LogP contribution in [0.5, 0.6) is 0 Å². The lowest BCUT2D eigenvalue weighted by atomic mass is 10.0. The summed E-state index contributed by atoms with van der Waals surface area (Å²) in [7, 11) is 1.19. The van der Waals surface area contributed by atoms with Crippen molar-refractivity contribution in [1.82, 2.24) is 0 Å². The van der Waals surface area contributed by atoms with Gasteiger partial charge in [0, 0.05) is 24.4 Å². The molecule has 174 valence electrons. The van der Waals surface area contributed by atoms with Crippen molar-refractivity contribution in [3.8, 4) is 0 Å². The molecule has 2 N–H and O–H groups in total. The molecule has 2 rings (SSSR count). The van der Waals surface area contributed by atoms with Gasteiger partial charge in [0.1, 0.15) is 0 Å². The third-order valence-electron chi connectivity index (χ3n) is 4.31. The molecule has 10 heteroatoms. The average molecular weight is 467 g/mol. The number of primary amides is 1. The van der Waals surface area contributed by atoms with Crippen LogP contribution in [0.1, 0.15) is 29.2 Å². The van der Waals surface area contributed by atoms with Crippen LogP contribution in [-0.4, -0.2) is 25.0 Å². The monoisotopic (exact) mass is 467 g/mol. The Bertz CT molecular complexity index is 1090. The molecule has 0 radical (unpaired) electrons. The van der Waals surface area contributed by atoms with Crippen LogP contribution in [0.15, 0.2) is 76.2 Å². The molecule has 1 amide bonds. The Balaban J connectivity index is 2.41. The Labute approximate surface area is 185 Å². The van der Waals surface area contributed by atoms with Crippen LogP contribution in [0.25, 0.3) is 5.57 Å². The molecule has 0 fully saturated rings. The van der Waals surface area contributed by atoms with Crippen molar-refractivity contribution in [2.75, 3.05) is 7.05 Å². The van der Waals surface area contributed by atoms with E-state index in [4.69, 9.17) is 5.73 Å². The molecule has 0 saturated heterocycles. The lowest BCUT2D eigenvalue weighted by Crippen LogP contribution is -2.13. The van der Waals surface area contributed by atoms with Crippen molar-refractivity contribution in [1.29, 1.82) is 0 Å². The first-order valence-electron chi connectivity index (χ1n) is 9.37. The van der Waals surface area contributed by atoms with Gasteiger partial charge >= 0.3 is 12.4 Å². The maximum Gasteiger partial charge on any atom is 0.416 e. The molecule has 0 aromatic heterocycles. The summed E-state index contributed by atoms with van der Waals surface area (Å²) in [5.41, 5.74) is 3.25. The van der Waals surface area contributed by atoms with Gasteiger partial charge in [0.25, 0.3) is 0 Å². The van der Waals surface area contributed by atoms with Gasteiger partial charge in [-0.1, -0.05) is 36.4 Å². The van der Waals surface area contributed by atoms with Crippen molar-refractivity contribution >= 4 is 23.5 Å². The molecule has 2 aromatic rings. The van der Waals surface area contributed by atoms with Crippen LogP contribution < -0.4 is 5.73 Å². The van der Waals surface area contributed by atoms with Gasteiger partial charge in [-0.05, 0) is 42.3 Å². The number of rotatable bonds is 5. The Morgan fingerprint density at radius 2 is 1.42 bits per heavy atom. The summed E-state index contributed by atoms with van der Waals surface area (Å²) < 4.78 is 78.6. The van der Waals surface area contributed by atoms with Gasteiger partial charge in [0.15, 0.2) is 5.84 Å². The molecule has 0 atom stereocenters. The number of hydrogen-bond donors (Lipinski definition) is 1. The number of carbonyl (C=O) groups is 1. The number of aliphatic imine (C=N–C) groups is 2. The van der Waals surface area contributed by atoms with Gasteiger partial charge in [-0.3, -0.25) is 9.79 Å². The van der Waals surface area contributed by atoms with E-state index in [1.165, 1.54) is 25.4 Å². The number of allylic oxidation sites excluding steroid dienone is 3. The number of amides is 1. The zero-order valence-electron chi connectivity index (χ0n) is 17.5. The fourth-order valence-electron chi connectivity index (χ4n) is 2.70. The van der Waals surface area contributed by atoms with Crippen LogP contribution in [0, 0.1) is 0 Å². The van der Waals surface area contributed by atoms with Crippen molar-refractivity contribution in [2.24, 2.45) is 15.7 Å². The highest BCUT2D eigenvalue weighted by atomic mass is 19.4. The van der Waals surface area contributed by atoms with Gasteiger partial charge in [0.05, 0.1) is 11.1 Å². The third kappa shape index (κ3) is 7.16. The normalized spacial score (nSPS) is 14.1. The van der Waals surface area contributed by atoms with E-state index >= 15 is 0 Å². The maximum absolute atomic E-state index is 13.1. The Kier molecular flexibility index (Phi) is 7.97. The molecule has 4 nitrogen and oxygen atoms in total. The van der Waals surface area contributed by atoms with E-state index in [-0.39, 0.29) is 17.5 Å².